The minimum atomic E-state index is -0.395. The Morgan fingerprint density at radius 3 is 2.47 bits per heavy atom. The van der Waals surface area contributed by atoms with Crippen LogP contribution < -0.4 is 11.0 Å². The van der Waals surface area contributed by atoms with Gasteiger partial charge in [0, 0.05) is 10.9 Å². The average molecular weight is 417 g/mol. The normalized spacial score (nSPS) is 11.3. The molecule has 0 fully saturated rings. The number of aryl methyl sites for hydroxylation is 2. The van der Waals surface area contributed by atoms with E-state index in [4.69, 9.17) is 0 Å². The second kappa shape index (κ2) is 8.42. The third-order valence-electron chi connectivity index (χ3n) is 4.72. The van der Waals surface area contributed by atoms with Crippen molar-refractivity contribution in [3.05, 3.63) is 87.3 Å². The summed E-state index contributed by atoms with van der Waals surface area (Å²) in [5.74, 6) is -0.395. The van der Waals surface area contributed by atoms with Gasteiger partial charge in [-0.15, -0.1) is 11.3 Å². The molecule has 2 aromatic carbocycles. The van der Waals surface area contributed by atoms with Gasteiger partial charge < -0.3 is 0 Å². The molecule has 0 bridgehead atoms. The molecule has 6 nitrogen and oxygen atoms in total. The number of aromatic nitrogens is 2. The van der Waals surface area contributed by atoms with Crippen molar-refractivity contribution < 1.29 is 4.79 Å². The second-order valence-corrected chi connectivity index (χ2v) is 7.94. The molecule has 30 heavy (non-hydrogen) atoms. The fourth-order valence-electron chi connectivity index (χ4n) is 3.05. The van der Waals surface area contributed by atoms with Gasteiger partial charge in [0.25, 0.3) is 11.5 Å². The molecule has 2 aromatic heterocycles. The summed E-state index contributed by atoms with van der Waals surface area (Å²) in [5.41, 5.74) is 7.18. The van der Waals surface area contributed by atoms with Crippen LogP contribution in [0.15, 0.2) is 70.1 Å². The largest absolute Gasteiger partial charge is 0.289 e. The van der Waals surface area contributed by atoms with Crippen LogP contribution in [0.3, 0.4) is 0 Å². The summed E-state index contributed by atoms with van der Waals surface area (Å²) in [6.45, 7) is 3.86. The molecular weight excluding hydrogens is 396 g/mol. The summed E-state index contributed by atoms with van der Waals surface area (Å²) in [7, 11) is 0. The van der Waals surface area contributed by atoms with E-state index in [1.165, 1.54) is 22.2 Å². The molecule has 0 spiro atoms. The quantitative estimate of drug-likeness (QED) is 0.396. The van der Waals surface area contributed by atoms with E-state index in [1.54, 1.807) is 6.21 Å². The molecule has 150 valence electrons. The molecule has 0 saturated heterocycles. The lowest BCUT2D eigenvalue weighted by Crippen LogP contribution is -2.30. The molecule has 4 rings (SSSR count). The van der Waals surface area contributed by atoms with Gasteiger partial charge in [0.15, 0.2) is 0 Å². The van der Waals surface area contributed by atoms with Crippen LogP contribution >= 0.6 is 11.3 Å². The maximum atomic E-state index is 13.0. The van der Waals surface area contributed by atoms with Crippen LogP contribution in [0.1, 0.15) is 16.7 Å². The number of carbonyl (C=O) groups excluding carboxylic acids is 1. The predicted molar refractivity (Wildman–Crippen MR) is 121 cm³/mol. The molecule has 0 atom stereocenters. The predicted octanol–water partition coefficient (Wildman–Crippen LogP) is 3.89. The highest BCUT2D eigenvalue weighted by atomic mass is 32.1. The number of hydrogen-bond acceptors (Lipinski definition) is 5. The van der Waals surface area contributed by atoms with Gasteiger partial charge in [0.05, 0.1) is 17.9 Å². The fourth-order valence-corrected chi connectivity index (χ4v) is 3.95. The molecule has 0 unspecified atom stereocenters. The monoisotopic (exact) mass is 416 g/mol. The number of nitrogens with one attached hydrogen (secondary N) is 1. The van der Waals surface area contributed by atoms with E-state index in [0.717, 1.165) is 27.8 Å². The first-order valence-electron chi connectivity index (χ1n) is 9.43. The topological polar surface area (TPSA) is 76.3 Å². The number of carbonyl (C=O) groups is 1. The second-order valence-electron chi connectivity index (χ2n) is 7.08. The Labute approximate surface area is 177 Å². The molecule has 7 heteroatoms. The van der Waals surface area contributed by atoms with Gasteiger partial charge in [-0.25, -0.2) is 10.4 Å². The summed E-state index contributed by atoms with van der Waals surface area (Å²) in [4.78, 5) is 30.3. The number of nitrogens with zero attached hydrogens (tertiary/aromatic N) is 3. The van der Waals surface area contributed by atoms with Crippen LogP contribution in [0.4, 0.5) is 0 Å². The highest BCUT2D eigenvalue weighted by molar-refractivity contribution is 7.17. The molecular formula is C23H20N4O2S. The van der Waals surface area contributed by atoms with Gasteiger partial charge in [-0.1, -0.05) is 59.7 Å². The van der Waals surface area contributed by atoms with Gasteiger partial charge in [-0.3, -0.25) is 14.2 Å². The first kappa shape index (κ1) is 19.7. The number of hydrogen-bond donors (Lipinski definition) is 1. The maximum absolute atomic E-state index is 13.0. The number of fused-ring (bicyclic) bond motifs is 1. The zero-order valence-corrected chi connectivity index (χ0v) is 17.4. The van der Waals surface area contributed by atoms with E-state index in [-0.39, 0.29) is 12.1 Å². The van der Waals surface area contributed by atoms with Crippen molar-refractivity contribution in [2.75, 3.05) is 0 Å². The minimum absolute atomic E-state index is 0.157. The summed E-state index contributed by atoms with van der Waals surface area (Å²) >= 11 is 1.42. The van der Waals surface area contributed by atoms with Crippen molar-refractivity contribution >= 4 is 33.7 Å². The molecule has 1 amide bonds. The number of benzene rings is 2. The third kappa shape index (κ3) is 4.21. The Bertz CT molecular complexity index is 1290. The lowest BCUT2D eigenvalue weighted by Gasteiger charge is -2.05. The van der Waals surface area contributed by atoms with E-state index in [2.05, 4.69) is 15.5 Å². The van der Waals surface area contributed by atoms with E-state index in [0.29, 0.717) is 10.2 Å². The van der Waals surface area contributed by atoms with Gasteiger partial charge in [-0.2, -0.15) is 5.10 Å². The Morgan fingerprint density at radius 2 is 1.77 bits per heavy atom. The molecule has 0 saturated carbocycles. The minimum Gasteiger partial charge on any atom is -0.289 e. The van der Waals surface area contributed by atoms with E-state index in [9.17, 15) is 9.59 Å². The molecule has 0 aliphatic rings. The first-order chi connectivity index (χ1) is 14.5. The average Bonchev–Trinajstić information content (AvgIpc) is 3.17. The zero-order chi connectivity index (χ0) is 21.1. The number of hydrazone groups is 1. The zero-order valence-electron chi connectivity index (χ0n) is 16.6. The van der Waals surface area contributed by atoms with E-state index < -0.39 is 5.91 Å². The lowest BCUT2D eigenvalue weighted by molar-refractivity contribution is -0.121. The van der Waals surface area contributed by atoms with Crippen molar-refractivity contribution in [2.24, 2.45) is 5.10 Å². The lowest BCUT2D eigenvalue weighted by atomic mass is 10.1. The third-order valence-corrected chi connectivity index (χ3v) is 5.60. The molecule has 0 radical (unpaired) electrons. The van der Waals surface area contributed by atoms with Crippen LogP contribution in [0.2, 0.25) is 0 Å². The van der Waals surface area contributed by atoms with Crippen molar-refractivity contribution in [2.45, 2.75) is 20.4 Å². The van der Waals surface area contributed by atoms with E-state index >= 15 is 0 Å². The van der Waals surface area contributed by atoms with Crippen molar-refractivity contribution in [1.29, 1.82) is 0 Å². The standard InChI is InChI=1S/C23H20N4O2S/c1-15-3-7-17(8-4-15)11-25-26-20(28)12-27-14-24-22-21(23(27)29)19(13-30-22)18-9-5-16(2)6-10-18/h3-11,13-14H,12H2,1-2H3,(H,26,28). The van der Waals surface area contributed by atoms with Crippen LogP contribution in [0.5, 0.6) is 0 Å². The van der Waals surface area contributed by atoms with Gasteiger partial charge >= 0.3 is 0 Å². The Balaban J connectivity index is 1.54. The number of thiophene rings is 1. The van der Waals surface area contributed by atoms with Crippen LogP contribution in [-0.2, 0) is 11.3 Å². The van der Waals surface area contributed by atoms with Crippen LogP contribution in [0, 0.1) is 13.8 Å². The summed E-state index contributed by atoms with van der Waals surface area (Å²) in [5, 5.41) is 6.42. The number of amides is 1. The molecule has 0 aliphatic heterocycles. The maximum Gasteiger partial charge on any atom is 0.263 e. The summed E-state index contributed by atoms with van der Waals surface area (Å²) in [6.07, 6.45) is 2.97. The van der Waals surface area contributed by atoms with Crippen molar-refractivity contribution in [3.63, 3.8) is 0 Å². The molecule has 2 heterocycles. The Morgan fingerprint density at radius 1 is 1.10 bits per heavy atom. The first-order valence-corrected chi connectivity index (χ1v) is 10.3. The van der Waals surface area contributed by atoms with Crippen molar-refractivity contribution in [3.8, 4) is 11.1 Å². The smallest absolute Gasteiger partial charge is 0.263 e. The van der Waals surface area contributed by atoms with Crippen LogP contribution in [-0.4, -0.2) is 21.7 Å². The number of rotatable bonds is 5. The molecule has 0 aliphatic carbocycles. The van der Waals surface area contributed by atoms with Crippen LogP contribution in [0.25, 0.3) is 21.3 Å². The summed E-state index contributed by atoms with van der Waals surface area (Å²) in [6, 6.07) is 15.7. The summed E-state index contributed by atoms with van der Waals surface area (Å²) < 4.78 is 1.31. The van der Waals surface area contributed by atoms with Gasteiger partial charge in [0.2, 0.25) is 0 Å². The van der Waals surface area contributed by atoms with E-state index in [1.807, 2.05) is 67.8 Å². The highest BCUT2D eigenvalue weighted by Crippen LogP contribution is 2.30. The van der Waals surface area contributed by atoms with Gasteiger partial charge in [-0.05, 0) is 25.0 Å². The fraction of sp³-hybridized carbons (Fsp3) is 0.130. The Kier molecular flexibility index (Phi) is 5.54. The van der Waals surface area contributed by atoms with Gasteiger partial charge in [0.1, 0.15) is 11.4 Å². The highest BCUT2D eigenvalue weighted by Gasteiger charge is 2.14. The SMILES string of the molecule is Cc1ccc(C=NNC(=O)Cn2cnc3scc(-c4ccc(C)cc4)c3c2=O)cc1. The van der Waals surface area contributed by atoms with Crippen molar-refractivity contribution in [1.82, 2.24) is 15.0 Å². The molecule has 1 N–H and O–H groups in total. The molecule has 4 aromatic rings. The Hall–Kier alpha value is -3.58.